The van der Waals surface area contributed by atoms with Crippen LogP contribution < -0.4 is 10.2 Å². The Kier molecular flexibility index (Phi) is 5.02. The number of hydrogen-bond donors (Lipinski definition) is 2. The summed E-state index contributed by atoms with van der Waals surface area (Å²) in [5, 5.41) is 10.9. The third-order valence-electron chi connectivity index (χ3n) is 3.47. The second-order valence-corrected chi connectivity index (χ2v) is 5.28. The van der Waals surface area contributed by atoms with Crippen LogP contribution in [0.5, 0.6) is 0 Å². The third kappa shape index (κ3) is 3.61. The molecule has 0 aromatic carbocycles. The Morgan fingerprint density at radius 3 is 2.58 bits per heavy atom. The maximum Gasteiger partial charge on any atom is 0.434 e. The number of hydrogen-bond acceptors (Lipinski definition) is 5. The lowest BCUT2D eigenvalue weighted by molar-refractivity contribution is -0.141. The molecule has 8 nitrogen and oxygen atoms in total. The number of nitrogens with one attached hydrogen (secondary N) is 1. The summed E-state index contributed by atoms with van der Waals surface area (Å²) in [6, 6.07) is -0.983. The van der Waals surface area contributed by atoms with Gasteiger partial charge in [0, 0.05) is 20.1 Å². The van der Waals surface area contributed by atoms with Crippen LogP contribution in [0.15, 0.2) is 6.20 Å². The second-order valence-electron chi connectivity index (χ2n) is 4.92. The van der Waals surface area contributed by atoms with Gasteiger partial charge in [0.15, 0.2) is 16.7 Å². The maximum absolute atomic E-state index is 12.6. The number of piperazine rings is 1. The molecule has 12 heteroatoms. The van der Waals surface area contributed by atoms with Crippen LogP contribution in [0.2, 0.25) is 5.15 Å². The molecule has 24 heavy (non-hydrogen) atoms. The number of carbonyl (C=O) groups excluding carboxylic acids is 1. The SMILES string of the molecule is CNC(=O)[C@H]1CN(C(=O)O)CCN1c1ncc(C(F)(F)F)nc1Cl. The molecular weight excluding hydrogens is 355 g/mol. The molecule has 1 aliphatic heterocycles. The van der Waals surface area contributed by atoms with Crippen molar-refractivity contribution in [2.24, 2.45) is 0 Å². The minimum Gasteiger partial charge on any atom is -0.465 e. The number of halogens is 4. The van der Waals surface area contributed by atoms with Crippen molar-refractivity contribution in [2.75, 3.05) is 31.6 Å². The summed E-state index contributed by atoms with van der Waals surface area (Å²) in [5.41, 5.74) is -1.25. The summed E-state index contributed by atoms with van der Waals surface area (Å²) in [4.78, 5) is 32.4. The third-order valence-corrected chi connectivity index (χ3v) is 3.73. The molecule has 0 spiro atoms. The van der Waals surface area contributed by atoms with Crippen LogP contribution in [-0.4, -0.2) is 64.7 Å². The number of likely N-dealkylation sites (N-methyl/N-ethyl adjacent to an activating group) is 1. The fourth-order valence-corrected chi connectivity index (χ4v) is 2.54. The summed E-state index contributed by atoms with van der Waals surface area (Å²) in [7, 11) is 1.36. The van der Waals surface area contributed by atoms with Gasteiger partial charge >= 0.3 is 12.3 Å². The van der Waals surface area contributed by atoms with Crippen LogP contribution in [0, 0.1) is 0 Å². The minimum atomic E-state index is -4.70. The van der Waals surface area contributed by atoms with Crippen LogP contribution in [0.3, 0.4) is 0 Å². The fraction of sp³-hybridized carbons (Fsp3) is 0.500. The second kappa shape index (κ2) is 6.67. The molecule has 2 amide bonds. The van der Waals surface area contributed by atoms with Crippen molar-refractivity contribution in [2.45, 2.75) is 12.2 Å². The van der Waals surface area contributed by atoms with Crippen molar-refractivity contribution in [3.8, 4) is 0 Å². The first kappa shape index (κ1) is 18.0. The zero-order chi connectivity index (χ0) is 18.1. The molecule has 0 saturated carbocycles. The van der Waals surface area contributed by atoms with E-state index < -0.39 is 35.1 Å². The number of aromatic nitrogens is 2. The summed E-state index contributed by atoms with van der Waals surface area (Å²) in [6.07, 6.45) is -5.38. The van der Waals surface area contributed by atoms with Gasteiger partial charge < -0.3 is 20.2 Å². The molecule has 1 saturated heterocycles. The molecule has 1 aliphatic rings. The number of carbonyl (C=O) groups is 2. The van der Waals surface area contributed by atoms with E-state index in [9.17, 15) is 22.8 Å². The standard InChI is InChI=1S/C12H13ClF3N5O3/c1-17-10(22)6-5-20(11(23)24)2-3-21(6)9-8(13)19-7(4-18-9)12(14,15)16/h4,6H,2-3,5H2,1H3,(H,17,22)(H,23,24)/t6-/m1/s1. The van der Waals surface area contributed by atoms with E-state index in [4.69, 9.17) is 16.7 Å². The molecular formula is C12H13ClF3N5O3. The zero-order valence-electron chi connectivity index (χ0n) is 12.3. The first-order chi connectivity index (χ1) is 11.1. The number of carboxylic acid groups (broad SMARTS) is 1. The van der Waals surface area contributed by atoms with Gasteiger partial charge in [0.25, 0.3) is 0 Å². The van der Waals surface area contributed by atoms with Crippen LogP contribution in [0.25, 0.3) is 0 Å². The van der Waals surface area contributed by atoms with Crippen molar-refractivity contribution in [1.29, 1.82) is 0 Å². The van der Waals surface area contributed by atoms with Crippen LogP contribution in [0.4, 0.5) is 23.8 Å². The van der Waals surface area contributed by atoms with E-state index in [2.05, 4.69) is 15.3 Å². The molecule has 0 unspecified atom stereocenters. The number of alkyl halides is 3. The van der Waals surface area contributed by atoms with Crippen molar-refractivity contribution in [3.63, 3.8) is 0 Å². The first-order valence-electron chi connectivity index (χ1n) is 6.71. The van der Waals surface area contributed by atoms with Crippen LogP contribution in [-0.2, 0) is 11.0 Å². The van der Waals surface area contributed by atoms with Gasteiger partial charge in [-0.05, 0) is 0 Å². The number of anilines is 1. The Bertz CT molecular complexity index is 657. The highest BCUT2D eigenvalue weighted by Gasteiger charge is 2.38. The molecule has 2 N–H and O–H groups in total. The molecule has 1 atom stereocenters. The van der Waals surface area contributed by atoms with Gasteiger partial charge in [-0.25, -0.2) is 14.8 Å². The Balaban J connectivity index is 2.35. The Labute approximate surface area is 139 Å². The number of nitrogens with zero attached hydrogens (tertiary/aromatic N) is 4. The predicted octanol–water partition coefficient (Wildman–Crippen LogP) is 1.06. The highest BCUT2D eigenvalue weighted by Crippen LogP contribution is 2.31. The zero-order valence-corrected chi connectivity index (χ0v) is 13.1. The summed E-state index contributed by atoms with van der Waals surface area (Å²) >= 11 is 5.80. The largest absolute Gasteiger partial charge is 0.465 e. The topological polar surface area (TPSA) is 98.7 Å². The average molecular weight is 368 g/mol. The lowest BCUT2D eigenvalue weighted by Crippen LogP contribution is -2.60. The molecule has 132 valence electrons. The molecule has 1 aromatic rings. The minimum absolute atomic E-state index is 0.0319. The van der Waals surface area contributed by atoms with E-state index in [1.807, 2.05) is 0 Å². The van der Waals surface area contributed by atoms with E-state index >= 15 is 0 Å². The van der Waals surface area contributed by atoms with Crippen molar-refractivity contribution >= 4 is 29.4 Å². The molecule has 2 heterocycles. The highest BCUT2D eigenvalue weighted by atomic mass is 35.5. The van der Waals surface area contributed by atoms with Crippen molar-refractivity contribution < 1.29 is 27.9 Å². The molecule has 0 radical (unpaired) electrons. The van der Waals surface area contributed by atoms with Gasteiger partial charge in [0.05, 0.1) is 12.7 Å². The molecule has 2 rings (SSSR count). The van der Waals surface area contributed by atoms with Crippen LogP contribution in [0.1, 0.15) is 5.69 Å². The first-order valence-corrected chi connectivity index (χ1v) is 7.08. The number of rotatable bonds is 2. The molecule has 0 bridgehead atoms. The number of amides is 2. The van der Waals surface area contributed by atoms with E-state index in [1.165, 1.54) is 11.9 Å². The smallest absolute Gasteiger partial charge is 0.434 e. The molecule has 0 aliphatic carbocycles. The molecule has 1 aromatic heterocycles. The van der Waals surface area contributed by atoms with E-state index in [0.29, 0.717) is 6.20 Å². The maximum atomic E-state index is 12.6. The van der Waals surface area contributed by atoms with Gasteiger partial charge in [0.2, 0.25) is 5.91 Å². The van der Waals surface area contributed by atoms with Gasteiger partial charge in [-0.1, -0.05) is 11.6 Å². The summed E-state index contributed by atoms with van der Waals surface area (Å²) in [6.45, 7) is -0.0972. The van der Waals surface area contributed by atoms with E-state index in [1.54, 1.807) is 0 Å². The van der Waals surface area contributed by atoms with E-state index in [0.717, 1.165) is 4.90 Å². The monoisotopic (exact) mass is 367 g/mol. The van der Waals surface area contributed by atoms with Crippen LogP contribution >= 0.6 is 11.6 Å². The fourth-order valence-electron chi connectivity index (χ4n) is 2.29. The Morgan fingerprint density at radius 2 is 2.08 bits per heavy atom. The normalized spacial score (nSPS) is 18.5. The van der Waals surface area contributed by atoms with Gasteiger partial charge in [0.1, 0.15) is 6.04 Å². The van der Waals surface area contributed by atoms with Gasteiger partial charge in [-0.2, -0.15) is 13.2 Å². The summed E-state index contributed by atoms with van der Waals surface area (Å²) < 4.78 is 37.9. The lowest BCUT2D eigenvalue weighted by Gasteiger charge is -2.39. The average Bonchev–Trinajstić information content (AvgIpc) is 2.52. The Hall–Kier alpha value is -2.30. The van der Waals surface area contributed by atoms with Gasteiger partial charge in [-0.15, -0.1) is 0 Å². The highest BCUT2D eigenvalue weighted by molar-refractivity contribution is 6.31. The van der Waals surface area contributed by atoms with Crippen molar-refractivity contribution in [3.05, 3.63) is 17.0 Å². The quantitative estimate of drug-likeness (QED) is 0.811. The Morgan fingerprint density at radius 1 is 1.42 bits per heavy atom. The van der Waals surface area contributed by atoms with Crippen molar-refractivity contribution in [1.82, 2.24) is 20.2 Å². The van der Waals surface area contributed by atoms with Gasteiger partial charge in [-0.3, -0.25) is 4.79 Å². The summed E-state index contributed by atoms with van der Waals surface area (Å²) in [5.74, 6) is -0.623. The lowest BCUT2D eigenvalue weighted by atomic mass is 10.1. The predicted molar refractivity (Wildman–Crippen MR) is 76.8 cm³/mol. The molecule has 1 fully saturated rings. The van der Waals surface area contributed by atoms with E-state index in [-0.39, 0.29) is 25.5 Å².